The van der Waals surface area contributed by atoms with E-state index in [1.807, 2.05) is 42.2 Å². The van der Waals surface area contributed by atoms with Crippen LogP contribution in [0.1, 0.15) is 31.7 Å². The molecule has 2 N–H and O–H groups in total. The Hall–Kier alpha value is -2.08. The number of nitrogens with zero attached hydrogens (tertiary/aromatic N) is 2. The summed E-state index contributed by atoms with van der Waals surface area (Å²) in [5.74, 6) is -0.531. The maximum Gasteiger partial charge on any atom is 0.320 e. The van der Waals surface area contributed by atoms with Gasteiger partial charge in [-0.05, 0) is 30.2 Å². The zero-order valence-corrected chi connectivity index (χ0v) is 14.8. The lowest BCUT2D eigenvalue weighted by molar-refractivity contribution is -0.138. The molecule has 2 atom stereocenters. The fourth-order valence-electron chi connectivity index (χ4n) is 3.46. The number of likely N-dealkylation sites (tertiary alicyclic amines) is 1. The Kier molecular flexibility index (Phi) is 7.25. The Morgan fingerprint density at radius 2 is 2.04 bits per heavy atom. The van der Waals surface area contributed by atoms with E-state index in [4.69, 9.17) is 5.11 Å². The molecule has 6 nitrogen and oxygen atoms in total. The van der Waals surface area contributed by atoms with Gasteiger partial charge in [-0.2, -0.15) is 0 Å². The summed E-state index contributed by atoms with van der Waals surface area (Å²) in [5, 5.41) is 18.3. The molecule has 138 valence electrons. The summed E-state index contributed by atoms with van der Waals surface area (Å²) >= 11 is 0. The number of aliphatic hydroxyl groups is 1. The van der Waals surface area contributed by atoms with Gasteiger partial charge in [-0.1, -0.05) is 37.3 Å². The quantitative estimate of drug-likeness (QED) is 0.793. The normalized spacial score (nSPS) is 18.6. The molecule has 2 unspecified atom stereocenters. The molecule has 6 heteroatoms. The second-order valence-electron chi connectivity index (χ2n) is 6.84. The number of piperidine rings is 1. The average molecular weight is 348 g/mol. The number of carbonyl (C=O) groups excluding carboxylic acids is 1. The number of benzene rings is 1. The van der Waals surface area contributed by atoms with Crippen molar-refractivity contribution < 1.29 is 19.8 Å². The number of hydrogen-bond donors (Lipinski definition) is 2. The predicted molar refractivity (Wildman–Crippen MR) is 95.0 cm³/mol. The van der Waals surface area contributed by atoms with Gasteiger partial charge in [-0.15, -0.1) is 0 Å². The van der Waals surface area contributed by atoms with E-state index in [0.29, 0.717) is 26.2 Å². The molecule has 2 amide bonds. The first-order valence-corrected chi connectivity index (χ1v) is 8.91. The lowest BCUT2D eigenvalue weighted by Gasteiger charge is -2.38. The fourth-order valence-corrected chi connectivity index (χ4v) is 3.46. The van der Waals surface area contributed by atoms with Crippen molar-refractivity contribution in [3.8, 4) is 0 Å². The minimum absolute atomic E-state index is 0.0496. The zero-order chi connectivity index (χ0) is 18.2. The Morgan fingerprint density at radius 3 is 2.68 bits per heavy atom. The first-order valence-electron chi connectivity index (χ1n) is 8.91. The van der Waals surface area contributed by atoms with Crippen molar-refractivity contribution in [3.05, 3.63) is 35.9 Å². The van der Waals surface area contributed by atoms with Crippen LogP contribution in [-0.4, -0.2) is 58.3 Å². The highest BCUT2D eigenvalue weighted by Crippen LogP contribution is 2.27. The lowest BCUT2D eigenvalue weighted by atomic mass is 9.85. The number of urea groups is 1. The number of carboxylic acids is 1. The molecule has 0 aliphatic carbocycles. The number of hydrogen-bond acceptors (Lipinski definition) is 3. The largest absolute Gasteiger partial charge is 0.481 e. The Balaban J connectivity index is 2.01. The molecule has 1 fully saturated rings. The van der Waals surface area contributed by atoms with Gasteiger partial charge in [0, 0.05) is 32.6 Å². The predicted octanol–water partition coefficient (Wildman–Crippen LogP) is 2.42. The van der Waals surface area contributed by atoms with Gasteiger partial charge in [-0.3, -0.25) is 4.79 Å². The van der Waals surface area contributed by atoms with Crippen LogP contribution in [0.2, 0.25) is 0 Å². The summed E-state index contributed by atoms with van der Waals surface area (Å²) < 4.78 is 0. The van der Waals surface area contributed by atoms with Gasteiger partial charge >= 0.3 is 12.0 Å². The van der Waals surface area contributed by atoms with E-state index < -0.39 is 5.97 Å². The standard InChI is InChI=1S/C19H28N2O4/c1-15(12-18(23)24)17-8-5-9-20(14-17)19(25)21(10-11-22)13-16-6-3-2-4-7-16/h2-4,6-7,15,17,22H,5,8-14H2,1H3,(H,23,24). The van der Waals surface area contributed by atoms with E-state index in [1.165, 1.54) is 0 Å². The molecule has 2 rings (SSSR count). The Morgan fingerprint density at radius 1 is 1.32 bits per heavy atom. The highest BCUT2D eigenvalue weighted by atomic mass is 16.4. The summed E-state index contributed by atoms with van der Waals surface area (Å²) in [4.78, 5) is 27.3. The summed E-state index contributed by atoms with van der Waals surface area (Å²) in [6.07, 6.45) is 1.98. The van der Waals surface area contributed by atoms with Crippen LogP contribution in [0, 0.1) is 11.8 Å². The molecular weight excluding hydrogens is 320 g/mol. The Bertz CT molecular complexity index is 564. The van der Waals surface area contributed by atoms with Crippen molar-refractivity contribution in [2.75, 3.05) is 26.2 Å². The topological polar surface area (TPSA) is 81.1 Å². The van der Waals surface area contributed by atoms with E-state index in [2.05, 4.69) is 0 Å². The van der Waals surface area contributed by atoms with Crippen molar-refractivity contribution in [3.63, 3.8) is 0 Å². The average Bonchev–Trinajstić information content (AvgIpc) is 2.61. The fraction of sp³-hybridized carbons (Fsp3) is 0.579. The maximum absolute atomic E-state index is 12.9. The molecule has 1 aliphatic heterocycles. The number of carboxylic acid groups (broad SMARTS) is 1. The molecule has 1 saturated heterocycles. The maximum atomic E-state index is 12.9. The van der Waals surface area contributed by atoms with Crippen molar-refractivity contribution in [2.45, 2.75) is 32.7 Å². The van der Waals surface area contributed by atoms with Gasteiger partial charge in [0.2, 0.25) is 0 Å². The van der Waals surface area contributed by atoms with Crippen molar-refractivity contribution in [1.29, 1.82) is 0 Å². The van der Waals surface area contributed by atoms with Gasteiger partial charge in [0.1, 0.15) is 0 Å². The van der Waals surface area contributed by atoms with Gasteiger partial charge in [0.25, 0.3) is 0 Å². The van der Waals surface area contributed by atoms with Crippen LogP contribution in [0.25, 0.3) is 0 Å². The molecule has 0 aromatic heterocycles. The number of aliphatic carboxylic acids is 1. The van der Waals surface area contributed by atoms with E-state index >= 15 is 0 Å². The van der Waals surface area contributed by atoms with Crippen molar-refractivity contribution >= 4 is 12.0 Å². The molecule has 0 bridgehead atoms. The van der Waals surface area contributed by atoms with Gasteiger partial charge in [0.15, 0.2) is 0 Å². The SMILES string of the molecule is CC(CC(=O)O)C1CCCN(C(=O)N(CCO)Cc2ccccc2)C1. The minimum Gasteiger partial charge on any atom is -0.481 e. The molecule has 0 radical (unpaired) electrons. The smallest absolute Gasteiger partial charge is 0.320 e. The van der Waals surface area contributed by atoms with E-state index in [9.17, 15) is 14.7 Å². The summed E-state index contributed by atoms with van der Waals surface area (Å²) in [6.45, 7) is 3.90. The first kappa shape index (κ1) is 19.2. The van der Waals surface area contributed by atoms with E-state index in [0.717, 1.165) is 18.4 Å². The molecule has 1 aromatic rings. The minimum atomic E-state index is -0.790. The van der Waals surface area contributed by atoms with Crippen LogP contribution >= 0.6 is 0 Å². The molecule has 0 saturated carbocycles. The molecule has 0 spiro atoms. The Labute approximate surface area is 149 Å². The number of rotatable bonds is 7. The van der Waals surface area contributed by atoms with Crippen LogP contribution in [0.3, 0.4) is 0 Å². The number of carbonyl (C=O) groups is 2. The van der Waals surface area contributed by atoms with Crippen LogP contribution in [-0.2, 0) is 11.3 Å². The summed E-state index contributed by atoms with van der Waals surface area (Å²) in [5.41, 5.74) is 1.03. The van der Waals surface area contributed by atoms with E-state index in [1.54, 1.807) is 4.90 Å². The molecule has 1 heterocycles. The third-order valence-corrected chi connectivity index (χ3v) is 4.89. The second-order valence-corrected chi connectivity index (χ2v) is 6.84. The highest BCUT2D eigenvalue weighted by Gasteiger charge is 2.30. The zero-order valence-electron chi connectivity index (χ0n) is 14.8. The van der Waals surface area contributed by atoms with Gasteiger partial charge in [0.05, 0.1) is 6.61 Å². The first-order chi connectivity index (χ1) is 12.0. The van der Waals surface area contributed by atoms with Gasteiger partial charge < -0.3 is 20.0 Å². The highest BCUT2D eigenvalue weighted by molar-refractivity contribution is 5.74. The summed E-state index contributed by atoms with van der Waals surface area (Å²) in [7, 11) is 0. The van der Waals surface area contributed by atoms with E-state index in [-0.39, 0.29) is 30.9 Å². The van der Waals surface area contributed by atoms with Crippen LogP contribution < -0.4 is 0 Å². The number of amides is 2. The van der Waals surface area contributed by atoms with Crippen LogP contribution in [0.5, 0.6) is 0 Å². The monoisotopic (exact) mass is 348 g/mol. The second kappa shape index (κ2) is 9.42. The van der Waals surface area contributed by atoms with Crippen molar-refractivity contribution in [2.24, 2.45) is 11.8 Å². The third kappa shape index (κ3) is 5.74. The number of aliphatic hydroxyl groups excluding tert-OH is 1. The molecule has 25 heavy (non-hydrogen) atoms. The van der Waals surface area contributed by atoms with Crippen molar-refractivity contribution in [1.82, 2.24) is 9.80 Å². The lowest BCUT2D eigenvalue weighted by Crippen LogP contribution is -2.49. The van der Waals surface area contributed by atoms with Crippen LogP contribution in [0.15, 0.2) is 30.3 Å². The third-order valence-electron chi connectivity index (χ3n) is 4.89. The molecular formula is C19H28N2O4. The van der Waals surface area contributed by atoms with Gasteiger partial charge in [-0.25, -0.2) is 4.79 Å². The van der Waals surface area contributed by atoms with Crippen LogP contribution in [0.4, 0.5) is 4.79 Å². The molecule has 1 aromatic carbocycles. The summed E-state index contributed by atoms with van der Waals surface area (Å²) in [6, 6.07) is 9.64. The molecule has 1 aliphatic rings.